The van der Waals surface area contributed by atoms with Crippen LogP contribution in [0.25, 0.3) is 0 Å². The third-order valence-corrected chi connectivity index (χ3v) is 3.50. The Kier molecular flexibility index (Phi) is 14.5. The fraction of sp³-hybridized carbons (Fsp3) is 1.00. The van der Waals surface area contributed by atoms with Crippen molar-refractivity contribution in [3.8, 4) is 0 Å². The van der Waals surface area contributed by atoms with Gasteiger partial charge in [0.2, 0.25) is 15.2 Å². The van der Waals surface area contributed by atoms with Gasteiger partial charge in [0.25, 0.3) is 0 Å². The Morgan fingerprint density at radius 2 is 1.50 bits per heavy atom. The van der Waals surface area contributed by atoms with Crippen LogP contribution in [0.15, 0.2) is 0 Å². The molecule has 0 spiro atoms. The van der Waals surface area contributed by atoms with Crippen molar-refractivity contribution in [2.24, 2.45) is 0 Å². The summed E-state index contributed by atoms with van der Waals surface area (Å²) in [5, 5.41) is 3.28. The van der Waals surface area contributed by atoms with E-state index < -0.39 is 0 Å². The molecular weight excluding hydrogens is 163 g/mol. The molecule has 0 N–H and O–H groups in total. The van der Waals surface area contributed by atoms with Crippen LogP contribution in [0.2, 0.25) is 10.6 Å². The molecule has 0 aliphatic carbocycles. The van der Waals surface area contributed by atoms with Gasteiger partial charge in [-0.3, -0.25) is 0 Å². The summed E-state index contributed by atoms with van der Waals surface area (Å²) in [6, 6.07) is 0. The van der Waals surface area contributed by atoms with Crippen molar-refractivity contribution in [2.45, 2.75) is 29.8 Å². The van der Waals surface area contributed by atoms with Gasteiger partial charge in [-0.2, -0.15) is 0 Å². The van der Waals surface area contributed by atoms with Crippen molar-refractivity contribution in [1.82, 2.24) is 0 Å². The summed E-state index contributed by atoms with van der Waals surface area (Å²) in [7, 11) is 0. The zero-order chi connectivity index (χ0) is 4.24. The van der Waals surface area contributed by atoms with Crippen LogP contribution in [0.5, 0.6) is 0 Å². The van der Waals surface area contributed by atoms with Crippen LogP contribution in [0.1, 0.15) is 22.1 Å². The van der Waals surface area contributed by atoms with Gasteiger partial charge in [-0.05, 0) is 0 Å². The summed E-state index contributed by atoms with van der Waals surface area (Å²) >= 11 is 0.508. The SMILES string of the molecule is C1C[CH2][AlH][CH2]C1.Cl.[Ca+2].[H-].[H-]. The normalized spacial score (nSPS) is 17.0. The zero-order valence-electron chi connectivity index (χ0n) is 7.36. The molecule has 8 heavy (non-hydrogen) atoms. The van der Waals surface area contributed by atoms with E-state index in [-0.39, 0.29) is 53.0 Å². The molecule has 0 bridgehead atoms. The molecule has 1 aliphatic rings. The standard InChI is InChI=1S/C5H10.Al.Ca.ClH.3H/c1-3-5-4-2;;;;;;/h1-5H2;;;1H;;;/q;;+2;;;2*-1. The Hall–Kier alpha value is 2.08. The van der Waals surface area contributed by atoms with Crippen molar-refractivity contribution in [2.75, 3.05) is 0 Å². The zero-order valence-corrected chi connectivity index (χ0v) is 9.80. The maximum absolute atomic E-state index is 1.64. The predicted molar refractivity (Wildman–Crippen MR) is 45.8 cm³/mol. The first-order valence-corrected chi connectivity index (χ1v) is 5.00. The molecule has 0 radical (unpaired) electrons. The maximum Gasteiger partial charge on any atom is 2.00 e. The molecule has 0 unspecified atom stereocenters. The molecule has 1 rings (SSSR count). The molecule has 0 nitrogen and oxygen atoms in total. The van der Waals surface area contributed by atoms with Gasteiger partial charge in [-0.15, -0.1) is 12.4 Å². The summed E-state index contributed by atoms with van der Waals surface area (Å²) in [6.45, 7) is 0. The third-order valence-electron chi connectivity index (χ3n) is 1.50. The number of hydrogen-bond acceptors (Lipinski definition) is 0. The van der Waals surface area contributed by atoms with Gasteiger partial charge in [0.05, 0.1) is 0 Å². The molecule has 1 fully saturated rings. The van der Waals surface area contributed by atoms with E-state index in [0.717, 1.165) is 0 Å². The average molecular weight is 177 g/mol. The van der Waals surface area contributed by atoms with E-state index in [9.17, 15) is 0 Å². The third kappa shape index (κ3) is 6.21. The van der Waals surface area contributed by atoms with Crippen LogP contribution in [-0.2, 0) is 0 Å². The molecular formula is C5H14AlCaCl. The Morgan fingerprint density at radius 1 is 1.00 bits per heavy atom. The maximum atomic E-state index is 1.64. The molecule has 1 heterocycles. The summed E-state index contributed by atoms with van der Waals surface area (Å²) < 4.78 is 0. The van der Waals surface area contributed by atoms with Crippen LogP contribution >= 0.6 is 12.4 Å². The molecule has 0 aromatic rings. The Balaban J connectivity index is -0.0000000450. The van der Waals surface area contributed by atoms with E-state index in [1.165, 1.54) is 6.42 Å². The van der Waals surface area contributed by atoms with Gasteiger partial charge < -0.3 is 2.85 Å². The van der Waals surface area contributed by atoms with Crippen LogP contribution in [0.4, 0.5) is 0 Å². The van der Waals surface area contributed by atoms with E-state index in [1.54, 1.807) is 23.4 Å². The number of hydrogen-bond donors (Lipinski definition) is 0. The monoisotopic (exact) mass is 176 g/mol. The summed E-state index contributed by atoms with van der Waals surface area (Å²) in [4.78, 5) is 0. The molecule has 0 aromatic heterocycles. The second-order valence-corrected chi connectivity index (χ2v) is 4.24. The van der Waals surface area contributed by atoms with Crippen molar-refractivity contribution in [3.63, 3.8) is 0 Å². The second-order valence-electron chi connectivity index (χ2n) is 2.12. The van der Waals surface area contributed by atoms with E-state index in [4.69, 9.17) is 0 Å². The molecule has 0 aromatic carbocycles. The van der Waals surface area contributed by atoms with Crippen LogP contribution in [-0.4, -0.2) is 53.0 Å². The smallest absolute Gasteiger partial charge is 1.00 e. The minimum Gasteiger partial charge on any atom is -1.00 e. The number of rotatable bonds is 0. The van der Waals surface area contributed by atoms with E-state index in [2.05, 4.69) is 0 Å². The van der Waals surface area contributed by atoms with Gasteiger partial charge in [0.1, 0.15) is 0 Å². The molecule has 0 atom stereocenters. The van der Waals surface area contributed by atoms with Crippen LogP contribution in [0.3, 0.4) is 0 Å². The molecule has 1 aliphatic heterocycles. The van der Waals surface area contributed by atoms with Gasteiger partial charge >= 0.3 is 37.7 Å². The summed E-state index contributed by atoms with van der Waals surface area (Å²) in [5.41, 5.74) is 0. The van der Waals surface area contributed by atoms with Crippen molar-refractivity contribution in [3.05, 3.63) is 0 Å². The van der Waals surface area contributed by atoms with Gasteiger partial charge in [0, 0.05) is 0 Å². The first-order valence-electron chi connectivity index (χ1n) is 3.00. The van der Waals surface area contributed by atoms with Crippen molar-refractivity contribution in [1.29, 1.82) is 0 Å². The van der Waals surface area contributed by atoms with E-state index in [0.29, 0.717) is 15.2 Å². The van der Waals surface area contributed by atoms with Gasteiger partial charge in [-0.1, -0.05) is 29.8 Å². The molecule has 46 valence electrons. The van der Waals surface area contributed by atoms with Crippen molar-refractivity contribution < 1.29 is 2.85 Å². The summed E-state index contributed by atoms with van der Waals surface area (Å²) in [5.74, 6) is 0. The Bertz CT molecular complexity index is 35.1. The molecule has 3 heteroatoms. The first kappa shape index (κ1) is 12.7. The molecule has 1 saturated heterocycles. The van der Waals surface area contributed by atoms with Crippen molar-refractivity contribution >= 4 is 65.4 Å². The molecule has 0 saturated carbocycles. The Morgan fingerprint density at radius 3 is 1.62 bits per heavy atom. The Labute approximate surface area is 96.9 Å². The first-order chi connectivity index (χ1) is 3.00. The summed E-state index contributed by atoms with van der Waals surface area (Å²) in [6.07, 6.45) is 4.66. The minimum absolute atomic E-state index is 0. The van der Waals surface area contributed by atoms with Gasteiger partial charge in [-0.25, -0.2) is 0 Å². The van der Waals surface area contributed by atoms with Crippen LogP contribution < -0.4 is 0 Å². The van der Waals surface area contributed by atoms with Crippen LogP contribution in [0, 0.1) is 0 Å². The molecule has 0 amide bonds. The quantitative estimate of drug-likeness (QED) is 0.493. The topological polar surface area (TPSA) is 0 Å². The average Bonchev–Trinajstić information content (AvgIpc) is 1.72. The fourth-order valence-corrected chi connectivity index (χ4v) is 2.83. The largest absolute Gasteiger partial charge is 2.00 e. The fourth-order valence-electron chi connectivity index (χ4n) is 1.06. The van der Waals surface area contributed by atoms with E-state index >= 15 is 0 Å². The number of halogens is 1. The van der Waals surface area contributed by atoms with E-state index in [1.807, 2.05) is 0 Å². The minimum atomic E-state index is 0. The second kappa shape index (κ2) is 9.08. The van der Waals surface area contributed by atoms with Gasteiger partial charge in [0.15, 0.2) is 0 Å². The predicted octanol–water partition coefficient (Wildman–Crippen LogP) is 1.71.